The van der Waals surface area contributed by atoms with Crippen molar-refractivity contribution in [3.63, 3.8) is 0 Å². The molecule has 0 unspecified atom stereocenters. The highest BCUT2D eigenvalue weighted by atomic mass is 32.1. The minimum Gasteiger partial charge on any atom is -0.399 e. The van der Waals surface area contributed by atoms with Crippen molar-refractivity contribution in [3.8, 4) is 0 Å². The van der Waals surface area contributed by atoms with E-state index in [1.165, 1.54) is 22.7 Å². The molecule has 1 aromatic heterocycles. The molecule has 1 aromatic carbocycles. The molecule has 0 fully saturated rings. The number of nitrogen functional groups attached to an aromatic ring is 1. The topological polar surface area (TPSA) is 55.0 Å². The van der Waals surface area contributed by atoms with E-state index in [0.29, 0.717) is 0 Å². The quantitative estimate of drug-likeness (QED) is 0.782. The maximum absolute atomic E-state index is 5.83. The molecule has 0 amide bonds. The van der Waals surface area contributed by atoms with Crippen LogP contribution in [0.1, 0.15) is 17.0 Å². The molecule has 5 heteroatoms. The number of fused-ring (bicyclic) bond motifs is 1. The van der Waals surface area contributed by atoms with Gasteiger partial charge in [0, 0.05) is 30.3 Å². The van der Waals surface area contributed by atoms with Gasteiger partial charge in [0.1, 0.15) is 5.82 Å². The third-order valence-electron chi connectivity index (χ3n) is 3.03. The summed E-state index contributed by atoms with van der Waals surface area (Å²) in [4.78, 5) is 6.70. The van der Waals surface area contributed by atoms with E-state index in [2.05, 4.69) is 26.4 Å². The van der Waals surface area contributed by atoms with E-state index in [-0.39, 0.29) is 0 Å². The van der Waals surface area contributed by atoms with Gasteiger partial charge in [-0.2, -0.15) is 4.37 Å². The Morgan fingerprint density at radius 2 is 2.24 bits per heavy atom. The molecule has 0 saturated heterocycles. The maximum atomic E-state index is 5.83. The summed E-state index contributed by atoms with van der Waals surface area (Å²) in [6.07, 6.45) is 1.05. The molecule has 4 nitrogen and oxygen atoms in total. The first-order valence-electron chi connectivity index (χ1n) is 5.65. The van der Waals surface area contributed by atoms with Crippen molar-refractivity contribution in [2.45, 2.75) is 19.9 Å². The summed E-state index contributed by atoms with van der Waals surface area (Å²) in [6, 6.07) is 6.17. The summed E-state index contributed by atoms with van der Waals surface area (Å²) in [6.45, 7) is 3.82. The minimum absolute atomic E-state index is 0.832. The second-order valence-electron chi connectivity index (χ2n) is 4.32. The van der Waals surface area contributed by atoms with Gasteiger partial charge in [-0.05, 0) is 36.6 Å². The van der Waals surface area contributed by atoms with Crippen molar-refractivity contribution in [2.75, 3.05) is 17.2 Å². The van der Waals surface area contributed by atoms with Gasteiger partial charge in [-0.1, -0.05) is 6.07 Å². The first kappa shape index (κ1) is 10.5. The van der Waals surface area contributed by atoms with Crippen LogP contribution in [0.15, 0.2) is 18.2 Å². The van der Waals surface area contributed by atoms with Gasteiger partial charge >= 0.3 is 0 Å². The van der Waals surface area contributed by atoms with Crippen molar-refractivity contribution in [2.24, 2.45) is 0 Å². The highest BCUT2D eigenvalue weighted by Crippen LogP contribution is 2.26. The van der Waals surface area contributed by atoms with E-state index in [9.17, 15) is 0 Å². The number of benzene rings is 1. The standard InChI is InChI=1S/C12H14N4S/c1-8-14-12(17-15-8)16-5-4-9-2-3-11(13)6-10(9)7-16/h2-3,6H,4-5,7,13H2,1H3. The van der Waals surface area contributed by atoms with Crippen molar-refractivity contribution in [1.29, 1.82) is 0 Å². The molecular weight excluding hydrogens is 232 g/mol. The first-order chi connectivity index (χ1) is 8.22. The maximum Gasteiger partial charge on any atom is 0.205 e. The van der Waals surface area contributed by atoms with Crippen molar-refractivity contribution in [1.82, 2.24) is 9.36 Å². The molecule has 3 rings (SSSR count). The zero-order valence-corrected chi connectivity index (χ0v) is 10.5. The Kier molecular flexibility index (Phi) is 2.48. The van der Waals surface area contributed by atoms with Crippen LogP contribution in [0.25, 0.3) is 0 Å². The van der Waals surface area contributed by atoms with Crippen molar-refractivity contribution in [3.05, 3.63) is 35.2 Å². The predicted octanol–water partition coefficient (Wildman–Crippen LogP) is 1.99. The summed E-state index contributed by atoms with van der Waals surface area (Å²) in [5, 5.41) is 1.01. The molecule has 0 atom stereocenters. The third kappa shape index (κ3) is 1.98. The van der Waals surface area contributed by atoms with E-state index < -0.39 is 0 Å². The Morgan fingerprint density at radius 1 is 1.35 bits per heavy atom. The molecule has 0 radical (unpaired) electrons. The van der Waals surface area contributed by atoms with Gasteiger partial charge in [-0.15, -0.1) is 0 Å². The second-order valence-corrected chi connectivity index (χ2v) is 5.05. The van der Waals surface area contributed by atoms with Crippen LogP contribution in [0.3, 0.4) is 0 Å². The normalized spacial score (nSPS) is 14.8. The van der Waals surface area contributed by atoms with Crippen LogP contribution in [0.4, 0.5) is 10.8 Å². The highest BCUT2D eigenvalue weighted by Gasteiger charge is 2.19. The monoisotopic (exact) mass is 246 g/mol. The average molecular weight is 246 g/mol. The van der Waals surface area contributed by atoms with Crippen LogP contribution in [-0.4, -0.2) is 15.9 Å². The average Bonchev–Trinajstić information content (AvgIpc) is 2.75. The smallest absolute Gasteiger partial charge is 0.205 e. The van der Waals surface area contributed by atoms with Gasteiger partial charge in [0.05, 0.1) is 0 Å². The fourth-order valence-corrected chi connectivity index (χ4v) is 2.85. The summed E-state index contributed by atoms with van der Waals surface area (Å²) in [5.41, 5.74) is 9.37. The van der Waals surface area contributed by atoms with E-state index >= 15 is 0 Å². The number of hydrogen-bond donors (Lipinski definition) is 1. The lowest BCUT2D eigenvalue weighted by molar-refractivity contribution is 0.728. The second kappa shape index (κ2) is 4.00. The van der Waals surface area contributed by atoms with Gasteiger partial charge in [0.15, 0.2) is 0 Å². The molecule has 2 N–H and O–H groups in total. The third-order valence-corrected chi connectivity index (χ3v) is 3.90. The number of nitrogens with two attached hydrogens (primary N) is 1. The summed E-state index contributed by atoms with van der Waals surface area (Å²) in [5.74, 6) is 0.850. The molecule has 0 bridgehead atoms. The Bertz CT molecular complexity index is 549. The summed E-state index contributed by atoms with van der Waals surface area (Å²) < 4.78 is 4.23. The highest BCUT2D eigenvalue weighted by molar-refractivity contribution is 7.09. The van der Waals surface area contributed by atoms with Crippen molar-refractivity contribution < 1.29 is 0 Å². The van der Waals surface area contributed by atoms with Crippen LogP contribution < -0.4 is 10.6 Å². The van der Waals surface area contributed by atoms with Gasteiger partial charge in [-0.3, -0.25) is 0 Å². The molecule has 1 aliphatic heterocycles. The van der Waals surface area contributed by atoms with E-state index in [1.807, 2.05) is 13.0 Å². The fraction of sp³-hybridized carbons (Fsp3) is 0.333. The Morgan fingerprint density at radius 3 is 3.00 bits per heavy atom. The SMILES string of the molecule is Cc1nsc(N2CCc3ccc(N)cc3C2)n1. The zero-order chi connectivity index (χ0) is 11.8. The van der Waals surface area contributed by atoms with Crippen LogP contribution in [0, 0.1) is 6.92 Å². The molecule has 0 spiro atoms. The number of rotatable bonds is 1. The van der Waals surface area contributed by atoms with Gasteiger partial charge in [0.2, 0.25) is 5.13 Å². The molecule has 0 saturated carbocycles. The van der Waals surface area contributed by atoms with Crippen LogP contribution in [0.2, 0.25) is 0 Å². The summed E-state index contributed by atoms with van der Waals surface area (Å²) >= 11 is 1.47. The molecule has 17 heavy (non-hydrogen) atoms. The lowest BCUT2D eigenvalue weighted by Crippen LogP contribution is -2.30. The Hall–Kier alpha value is -1.62. The Labute approximate surface area is 104 Å². The molecule has 1 aliphatic rings. The molecular formula is C12H14N4S. The number of aryl methyl sites for hydroxylation is 1. The molecule has 0 aliphatic carbocycles. The predicted molar refractivity (Wildman–Crippen MR) is 70.3 cm³/mol. The van der Waals surface area contributed by atoms with E-state index in [4.69, 9.17) is 5.73 Å². The number of anilines is 2. The van der Waals surface area contributed by atoms with E-state index in [0.717, 1.165) is 36.2 Å². The first-order valence-corrected chi connectivity index (χ1v) is 6.42. The van der Waals surface area contributed by atoms with Crippen LogP contribution in [-0.2, 0) is 13.0 Å². The fourth-order valence-electron chi connectivity index (χ4n) is 2.15. The number of hydrogen-bond acceptors (Lipinski definition) is 5. The molecule has 88 valence electrons. The van der Waals surface area contributed by atoms with E-state index in [1.54, 1.807) is 0 Å². The summed E-state index contributed by atoms with van der Waals surface area (Å²) in [7, 11) is 0. The van der Waals surface area contributed by atoms with Crippen LogP contribution >= 0.6 is 11.5 Å². The lowest BCUT2D eigenvalue weighted by Gasteiger charge is -2.28. The lowest BCUT2D eigenvalue weighted by atomic mass is 9.99. The minimum atomic E-state index is 0.832. The molecule has 2 aromatic rings. The zero-order valence-electron chi connectivity index (χ0n) is 9.68. The number of nitrogens with zero attached hydrogens (tertiary/aromatic N) is 3. The Balaban J connectivity index is 1.89. The van der Waals surface area contributed by atoms with Gasteiger partial charge in [0.25, 0.3) is 0 Å². The van der Waals surface area contributed by atoms with Gasteiger partial charge < -0.3 is 10.6 Å². The van der Waals surface area contributed by atoms with Gasteiger partial charge in [-0.25, -0.2) is 4.98 Å². The van der Waals surface area contributed by atoms with Crippen molar-refractivity contribution >= 4 is 22.4 Å². The van der Waals surface area contributed by atoms with Crippen LogP contribution in [0.5, 0.6) is 0 Å². The number of aromatic nitrogens is 2. The largest absolute Gasteiger partial charge is 0.399 e. The molecule has 2 heterocycles.